The van der Waals surface area contributed by atoms with Crippen LogP contribution in [0.2, 0.25) is 0 Å². The molecule has 0 atom stereocenters. The minimum Gasteiger partial charge on any atom is -0.355 e. The summed E-state index contributed by atoms with van der Waals surface area (Å²) in [6.45, 7) is 2.74. The Bertz CT molecular complexity index is 434. The number of amides is 1. The van der Waals surface area contributed by atoms with Crippen molar-refractivity contribution >= 4 is 42.1 Å². The molecule has 0 unspecified atom stereocenters. The van der Waals surface area contributed by atoms with Gasteiger partial charge in [0.25, 0.3) is 0 Å². The number of thiazole rings is 1. The third kappa shape index (κ3) is 6.10. The highest BCUT2D eigenvalue weighted by Gasteiger charge is 2.36. The molecule has 1 aromatic heterocycles. The first kappa shape index (κ1) is 20.6. The van der Waals surface area contributed by atoms with Crippen molar-refractivity contribution in [2.45, 2.75) is 57.4 Å². The summed E-state index contributed by atoms with van der Waals surface area (Å²) in [5.74, 6) is 0.0371. The van der Waals surface area contributed by atoms with Gasteiger partial charge >= 0.3 is 0 Å². The second kappa shape index (κ2) is 9.62. The summed E-state index contributed by atoms with van der Waals surface area (Å²) in [6, 6.07) is 0. The first-order valence-corrected chi connectivity index (χ1v) is 7.96. The number of halogens is 2. The maximum atomic E-state index is 12.0. The van der Waals surface area contributed by atoms with Gasteiger partial charge in [0.1, 0.15) is 0 Å². The molecule has 1 heterocycles. The lowest BCUT2D eigenvalue weighted by Crippen LogP contribution is -2.52. The van der Waals surface area contributed by atoms with Crippen molar-refractivity contribution < 1.29 is 4.79 Å². The van der Waals surface area contributed by atoms with Gasteiger partial charge in [-0.15, -0.1) is 36.2 Å². The minimum absolute atomic E-state index is 0. The Morgan fingerprint density at radius 2 is 2.05 bits per heavy atom. The van der Waals surface area contributed by atoms with E-state index in [1.165, 1.54) is 5.01 Å². The monoisotopic (exact) mass is 353 g/mol. The fourth-order valence-electron chi connectivity index (χ4n) is 2.53. The van der Waals surface area contributed by atoms with Crippen LogP contribution in [0, 0.1) is 6.92 Å². The number of nitrogens with two attached hydrogens (primary N) is 1. The molecular formula is C14H25Cl2N3OS. The second-order valence-corrected chi connectivity index (χ2v) is 6.40. The van der Waals surface area contributed by atoms with E-state index in [1.54, 1.807) is 11.3 Å². The van der Waals surface area contributed by atoms with E-state index in [0.717, 1.165) is 57.2 Å². The van der Waals surface area contributed by atoms with Gasteiger partial charge in [-0.25, -0.2) is 4.98 Å². The Hall–Kier alpha value is -0.360. The van der Waals surface area contributed by atoms with Gasteiger partial charge in [0.15, 0.2) is 0 Å². The summed E-state index contributed by atoms with van der Waals surface area (Å²) >= 11 is 1.72. The van der Waals surface area contributed by atoms with E-state index in [1.807, 2.05) is 6.92 Å². The molecule has 1 aliphatic rings. The summed E-state index contributed by atoms with van der Waals surface area (Å²) < 4.78 is 0. The Labute approximate surface area is 143 Å². The topological polar surface area (TPSA) is 68.0 Å². The SMILES string of the molecule is Cc1csc(CCCCNC(=O)C2(N)CCCC2)n1.Cl.Cl. The molecule has 0 aromatic carbocycles. The van der Waals surface area contributed by atoms with Gasteiger partial charge in [-0.2, -0.15) is 0 Å². The number of unbranched alkanes of at least 4 members (excludes halogenated alkanes) is 1. The molecule has 1 aliphatic carbocycles. The molecule has 0 radical (unpaired) electrons. The Balaban J connectivity index is 0.00000200. The van der Waals surface area contributed by atoms with Gasteiger partial charge < -0.3 is 11.1 Å². The van der Waals surface area contributed by atoms with Gasteiger partial charge in [-0.05, 0) is 39.0 Å². The maximum absolute atomic E-state index is 12.0. The van der Waals surface area contributed by atoms with Crippen LogP contribution in [0.3, 0.4) is 0 Å². The molecule has 7 heteroatoms. The van der Waals surface area contributed by atoms with Crippen LogP contribution in [0.15, 0.2) is 5.38 Å². The van der Waals surface area contributed by atoms with Gasteiger partial charge in [-0.3, -0.25) is 4.79 Å². The van der Waals surface area contributed by atoms with Crippen LogP contribution in [0.25, 0.3) is 0 Å². The molecule has 1 saturated carbocycles. The molecule has 3 N–H and O–H groups in total. The standard InChI is InChI=1S/C14H23N3OS.2ClH/c1-11-10-19-12(17-11)6-2-5-9-16-13(18)14(15)7-3-4-8-14;;/h10H,2-9,15H2,1H3,(H,16,18);2*1H. The third-order valence-corrected chi connectivity index (χ3v) is 4.74. The zero-order chi connectivity index (χ0) is 13.7. The molecule has 0 aliphatic heterocycles. The number of carbonyl (C=O) groups is 1. The van der Waals surface area contributed by atoms with Crippen molar-refractivity contribution in [3.05, 3.63) is 16.1 Å². The van der Waals surface area contributed by atoms with E-state index < -0.39 is 5.54 Å². The maximum Gasteiger partial charge on any atom is 0.240 e. The van der Waals surface area contributed by atoms with Gasteiger partial charge in [0, 0.05) is 17.6 Å². The highest BCUT2D eigenvalue weighted by Crippen LogP contribution is 2.27. The molecular weight excluding hydrogens is 329 g/mol. The van der Waals surface area contributed by atoms with E-state index in [-0.39, 0.29) is 30.7 Å². The number of hydrogen-bond acceptors (Lipinski definition) is 4. The first-order chi connectivity index (χ1) is 9.10. The van der Waals surface area contributed by atoms with Crippen molar-refractivity contribution in [1.29, 1.82) is 0 Å². The summed E-state index contributed by atoms with van der Waals surface area (Å²) in [4.78, 5) is 16.4. The number of hydrogen-bond donors (Lipinski definition) is 2. The summed E-state index contributed by atoms with van der Waals surface area (Å²) in [5.41, 5.74) is 6.60. The number of aromatic nitrogens is 1. The number of nitrogens with zero attached hydrogens (tertiary/aromatic N) is 1. The molecule has 0 spiro atoms. The molecule has 122 valence electrons. The predicted octanol–water partition coefficient (Wildman–Crippen LogP) is 3.01. The molecule has 1 amide bonds. The Morgan fingerprint density at radius 3 is 2.62 bits per heavy atom. The average molecular weight is 354 g/mol. The minimum atomic E-state index is -0.591. The van der Waals surface area contributed by atoms with Crippen LogP contribution < -0.4 is 11.1 Å². The van der Waals surface area contributed by atoms with Crippen LogP contribution in [0.5, 0.6) is 0 Å². The fourth-order valence-corrected chi connectivity index (χ4v) is 3.35. The van der Waals surface area contributed by atoms with Crippen LogP contribution >= 0.6 is 36.2 Å². The summed E-state index contributed by atoms with van der Waals surface area (Å²) in [7, 11) is 0. The van der Waals surface area contributed by atoms with E-state index in [2.05, 4.69) is 15.7 Å². The van der Waals surface area contributed by atoms with Crippen LogP contribution in [0.4, 0.5) is 0 Å². The Kier molecular flexibility index (Phi) is 9.45. The summed E-state index contributed by atoms with van der Waals surface area (Å²) in [5, 5.41) is 6.24. The number of rotatable bonds is 6. The van der Waals surface area contributed by atoms with Crippen LogP contribution in [-0.2, 0) is 11.2 Å². The Morgan fingerprint density at radius 1 is 1.38 bits per heavy atom. The molecule has 0 bridgehead atoms. The highest BCUT2D eigenvalue weighted by atomic mass is 35.5. The van der Waals surface area contributed by atoms with E-state index in [4.69, 9.17) is 5.73 Å². The first-order valence-electron chi connectivity index (χ1n) is 7.08. The fraction of sp³-hybridized carbons (Fsp3) is 0.714. The summed E-state index contributed by atoms with van der Waals surface area (Å²) in [6.07, 6.45) is 6.86. The normalized spacial score (nSPS) is 15.9. The highest BCUT2D eigenvalue weighted by molar-refractivity contribution is 7.09. The zero-order valence-electron chi connectivity index (χ0n) is 12.4. The predicted molar refractivity (Wildman–Crippen MR) is 92.7 cm³/mol. The van der Waals surface area contributed by atoms with E-state index in [0.29, 0.717) is 0 Å². The van der Waals surface area contributed by atoms with Crippen molar-refractivity contribution in [2.75, 3.05) is 6.54 Å². The number of aryl methyl sites for hydroxylation is 2. The van der Waals surface area contributed by atoms with Gasteiger partial charge in [-0.1, -0.05) is 12.8 Å². The lowest BCUT2D eigenvalue weighted by molar-refractivity contribution is -0.126. The molecule has 2 rings (SSSR count). The smallest absolute Gasteiger partial charge is 0.240 e. The third-order valence-electron chi connectivity index (χ3n) is 3.72. The van der Waals surface area contributed by atoms with Gasteiger partial charge in [0.05, 0.1) is 10.5 Å². The van der Waals surface area contributed by atoms with Crippen molar-refractivity contribution in [3.8, 4) is 0 Å². The lowest BCUT2D eigenvalue weighted by atomic mass is 9.98. The van der Waals surface area contributed by atoms with Crippen molar-refractivity contribution in [1.82, 2.24) is 10.3 Å². The van der Waals surface area contributed by atoms with Gasteiger partial charge in [0.2, 0.25) is 5.91 Å². The van der Waals surface area contributed by atoms with E-state index >= 15 is 0 Å². The molecule has 0 saturated heterocycles. The molecule has 4 nitrogen and oxygen atoms in total. The number of nitrogens with one attached hydrogen (secondary N) is 1. The molecule has 1 aromatic rings. The van der Waals surface area contributed by atoms with Crippen LogP contribution in [-0.4, -0.2) is 23.0 Å². The van der Waals surface area contributed by atoms with Crippen molar-refractivity contribution in [3.63, 3.8) is 0 Å². The average Bonchev–Trinajstić information content (AvgIpc) is 2.99. The zero-order valence-corrected chi connectivity index (χ0v) is 14.8. The number of carbonyl (C=O) groups excluding carboxylic acids is 1. The quantitative estimate of drug-likeness (QED) is 0.772. The van der Waals surface area contributed by atoms with E-state index in [9.17, 15) is 4.79 Å². The molecule has 1 fully saturated rings. The largest absolute Gasteiger partial charge is 0.355 e. The molecule has 21 heavy (non-hydrogen) atoms. The van der Waals surface area contributed by atoms with Crippen LogP contribution in [0.1, 0.15) is 49.2 Å². The second-order valence-electron chi connectivity index (χ2n) is 5.46. The lowest BCUT2D eigenvalue weighted by Gasteiger charge is -2.22. The van der Waals surface area contributed by atoms with Crippen molar-refractivity contribution in [2.24, 2.45) is 5.73 Å².